The highest BCUT2D eigenvalue weighted by molar-refractivity contribution is 7.99. The van der Waals surface area contributed by atoms with Crippen molar-refractivity contribution in [3.8, 4) is 11.4 Å². The summed E-state index contributed by atoms with van der Waals surface area (Å²) in [7, 11) is 1.97. The molecule has 0 aliphatic heterocycles. The lowest BCUT2D eigenvalue weighted by Gasteiger charge is -2.03. The third-order valence-corrected chi connectivity index (χ3v) is 3.78. The molecule has 1 heterocycles. The zero-order valence-electron chi connectivity index (χ0n) is 10.6. The molecule has 2 aromatic rings. The standard InChI is InChI=1S/C13H17N3OS/c1-10-4-6-11(7-5-10)12-14-15-13(16(12)2)18-9-3-8-17/h4-7,17H,3,8-9H2,1-2H3. The summed E-state index contributed by atoms with van der Waals surface area (Å²) in [5, 5.41) is 18.1. The Morgan fingerprint density at radius 2 is 1.94 bits per heavy atom. The van der Waals surface area contributed by atoms with Gasteiger partial charge in [-0.3, -0.25) is 0 Å². The SMILES string of the molecule is Cc1ccc(-c2nnc(SCCCO)n2C)cc1. The Bertz CT molecular complexity index is 507. The minimum absolute atomic E-state index is 0.218. The molecular weight excluding hydrogens is 246 g/mol. The molecule has 0 fully saturated rings. The lowest BCUT2D eigenvalue weighted by molar-refractivity contribution is 0.296. The second kappa shape index (κ2) is 6.02. The van der Waals surface area contributed by atoms with Gasteiger partial charge in [-0.25, -0.2) is 0 Å². The zero-order chi connectivity index (χ0) is 13.0. The highest BCUT2D eigenvalue weighted by Crippen LogP contribution is 2.23. The monoisotopic (exact) mass is 263 g/mol. The van der Waals surface area contributed by atoms with E-state index in [9.17, 15) is 0 Å². The van der Waals surface area contributed by atoms with E-state index in [1.807, 2.05) is 11.6 Å². The molecule has 0 spiro atoms. The maximum absolute atomic E-state index is 8.77. The number of rotatable bonds is 5. The van der Waals surface area contributed by atoms with Crippen molar-refractivity contribution in [1.29, 1.82) is 0 Å². The van der Waals surface area contributed by atoms with E-state index < -0.39 is 0 Å². The van der Waals surface area contributed by atoms with Crippen molar-refractivity contribution in [2.75, 3.05) is 12.4 Å². The topological polar surface area (TPSA) is 50.9 Å². The van der Waals surface area contributed by atoms with Gasteiger partial charge < -0.3 is 9.67 Å². The molecule has 4 nitrogen and oxygen atoms in total. The van der Waals surface area contributed by atoms with Crippen LogP contribution in [0, 0.1) is 6.92 Å². The Morgan fingerprint density at radius 3 is 2.61 bits per heavy atom. The summed E-state index contributed by atoms with van der Waals surface area (Å²) in [6.07, 6.45) is 0.775. The number of aromatic nitrogens is 3. The third-order valence-electron chi connectivity index (χ3n) is 2.68. The van der Waals surface area contributed by atoms with Crippen LogP contribution in [0.5, 0.6) is 0 Å². The van der Waals surface area contributed by atoms with Gasteiger partial charge in [0.1, 0.15) is 0 Å². The minimum atomic E-state index is 0.218. The predicted octanol–water partition coefficient (Wildman–Crippen LogP) is 2.27. The van der Waals surface area contributed by atoms with Crippen molar-refractivity contribution in [1.82, 2.24) is 14.8 Å². The molecule has 0 amide bonds. The van der Waals surface area contributed by atoms with Gasteiger partial charge in [0, 0.05) is 25.0 Å². The van der Waals surface area contributed by atoms with Gasteiger partial charge in [-0.15, -0.1) is 10.2 Å². The summed E-state index contributed by atoms with van der Waals surface area (Å²) < 4.78 is 1.99. The zero-order valence-corrected chi connectivity index (χ0v) is 11.4. The van der Waals surface area contributed by atoms with Crippen LogP contribution in [0.4, 0.5) is 0 Å². The quantitative estimate of drug-likeness (QED) is 0.664. The average Bonchev–Trinajstić information content (AvgIpc) is 2.73. The molecule has 0 unspecified atom stereocenters. The Hall–Kier alpha value is -1.33. The van der Waals surface area contributed by atoms with Crippen LogP contribution in [-0.2, 0) is 7.05 Å². The third kappa shape index (κ3) is 2.91. The van der Waals surface area contributed by atoms with Crippen LogP contribution in [0.15, 0.2) is 29.4 Å². The Labute approximate surface area is 111 Å². The van der Waals surface area contributed by atoms with Crippen LogP contribution in [0.1, 0.15) is 12.0 Å². The van der Waals surface area contributed by atoms with E-state index in [1.54, 1.807) is 11.8 Å². The molecule has 18 heavy (non-hydrogen) atoms. The first-order valence-electron chi connectivity index (χ1n) is 5.92. The highest BCUT2D eigenvalue weighted by Gasteiger charge is 2.10. The molecule has 0 radical (unpaired) electrons. The van der Waals surface area contributed by atoms with E-state index in [4.69, 9.17) is 5.11 Å². The largest absolute Gasteiger partial charge is 0.396 e. The average molecular weight is 263 g/mol. The Morgan fingerprint density at radius 1 is 1.22 bits per heavy atom. The van der Waals surface area contributed by atoms with Gasteiger partial charge in [-0.2, -0.15) is 0 Å². The number of nitrogens with zero attached hydrogens (tertiary/aromatic N) is 3. The Kier molecular flexibility index (Phi) is 4.38. The molecule has 1 aromatic carbocycles. The normalized spacial score (nSPS) is 10.8. The molecule has 1 aromatic heterocycles. The van der Waals surface area contributed by atoms with Crippen LogP contribution in [0.2, 0.25) is 0 Å². The molecule has 96 valence electrons. The number of thioether (sulfide) groups is 1. The molecule has 0 saturated carbocycles. The summed E-state index contributed by atoms with van der Waals surface area (Å²) in [5.74, 6) is 1.73. The first-order chi connectivity index (χ1) is 8.72. The summed E-state index contributed by atoms with van der Waals surface area (Å²) in [6.45, 7) is 2.28. The van der Waals surface area contributed by atoms with Crippen molar-refractivity contribution in [2.24, 2.45) is 7.05 Å². The minimum Gasteiger partial charge on any atom is -0.396 e. The van der Waals surface area contributed by atoms with Crippen LogP contribution < -0.4 is 0 Å². The number of aryl methyl sites for hydroxylation is 1. The first-order valence-corrected chi connectivity index (χ1v) is 6.91. The fraction of sp³-hybridized carbons (Fsp3) is 0.385. The number of hydrogen-bond acceptors (Lipinski definition) is 4. The van der Waals surface area contributed by atoms with E-state index in [1.165, 1.54) is 5.56 Å². The number of aliphatic hydroxyl groups is 1. The molecule has 0 bridgehead atoms. The fourth-order valence-corrected chi connectivity index (χ4v) is 2.46. The Balaban J connectivity index is 2.17. The lowest BCUT2D eigenvalue weighted by atomic mass is 10.1. The van der Waals surface area contributed by atoms with Crippen molar-refractivity contribution in [3.05, 3.63) is 29.8 Å². The number of hydrogen-bond donors (Lipinski definition) is 1. The van der Waals surface area contributed by atoms with Crippen LogP contribution in [0.25, 0.3) is 11.4 Å². The molecular formula is C13H17N3OS. The van der Waals surface area contributed by atoms with E-state index in [0.29, 0.717) is 0 Å². The van der Waals surface area contributed by atoms with E-state index >= 15 is 0 Å². The maximum Gasteiger partial charge on any atom is 0.191 e. The highest BCUT2D eigenvalue weighted by atomic mass is 32.2. The van der Waals surface area contributed by atoms with Gasteiger partial charge in [-0.1, -0.05) is 41.6 Å². The van der Waals surface area contributed by atoms with Crippen LogP contribution in [0.3, 0.4) is 0 Å². The summed E-state index contributed by atoms with van der Waals surface area (Å²) in [5.41, 5.74) is 2.31. The van der Waals surface area contributed by atoms with Gasteiger partial charge in [0.15, 0.2) is 11.0 Å². The van der Waals surface area contributed by atoms with Gasteiger partial charge in [0.05, 0.1) is 0 Å². The van der Waals surface area contributed by atoms with Gasteiger partial charge in [0.25, 0.3) is 0 Å². The number of benzene rings is 1. The predicted molar refractivity (Wildman–Crippen MR) is 73.6 cm³/mol. The van der Waals surface area contributed by atoms with Crippen molar-refractivity contribution >= 4 is 11.8 Å². The van der Waals surface area contributed by atoms with Gasteiger partial charge in [0.2, 0.25) is 0 Å². The van der Waals surface area contributed by atoms with Crippen molar-refractivity contribution in [2.45, 2.75) is 18.5 Å². The fourth-order valence-electron chi connectivity index (χ4n) is 1.62. The molecule has 0 aliphatic rings. The first kappa shape index (κ1) is 13.1. The summed E-state index contributed by atoms with van der Waals surface area (Å²) in [4.78, 5) is 0. The van der Waals surface area contributed by atoms with Gasteiger partial charge >= 0.3 is 0 Å². The summed E-state index contributed by atoms with van der Waals surface area (Å²) in [6, 6.07) is 8.26. The van der Waals surface area contributed by atoms with Crippen molar-refractivity contribution < 1.29 is 5.11 Å². The molecule has 2 rings (SSSR count). The number of aliphatic hydroxyl groups excluding tert-OH is 1. The smallest absolute Gasteiger partial charge is 0.191 e. The maximum atomic E-state index is 8.77. The lowest BCUT2D eigenvalue weighted by Crippen LogP contribution is -1.96. The molecule has 0 atom stereocenters. The molecule has 5 heteroatoms. The molecule has 1 N–H and O–H groups in total. The summed E-state index contributed by atoms with van der Waals surface area (Å²) >= 11 is 1.62. The van der Waals surface area contributed by atoms with Crippen LogP contribution >= 0.6 is 11.8 Å². The molecule has 0 saturated heterocycles. The van der Waals surface area contributed by atoms with Gasteiger partial charge in [-0.05, 0) is 13.3 Å². The van der Waals surface area contributed by atoms with E-state index in [2.05, 4.69) is 41.4 Å². The van der Waals surface area contributed by atoms with E-state index in [0.717, 1.165) is 28.7 Å². The van der Waals surface area contributed by atoms with Crippen molar-refractivity contribution in [3.63, 3.8) is 0 Å². The van der Waals surface area contributed by atoms with Crippen LogP contribution in [-0.4, -0.2) is 32.2 Å². The van der Waals surface area contributed by atoms with E-state index in [-0.39, 0.29) is 6.61 Å². The molecule has 0 aliphatic carbocycles. The second-order valence-corrected chi connectivity index (χ2v) is 5.22. The second-order valence-electron chi connectivity index (χ2n) is 4.16.